The van der Waals surface area contributed by atoms with Crippen molar-refractivity contribution in [1.82, 2.24) is 10.6 Å². The van der Waals surface area contributed by atoms with Gasteiger partial charge < -0.3 is 10.6 Å². The lowest BCUT2D eigenvalue weighted by Crippen LogP contribution is -2.45. The molecule has 3 nitrogen and oxygen atoms in total. The Morgan fingerprint density at radius 2 is 2.00 bits per heavy atom. The molecular formula is C14H21ClN2O. The van der Waals surface area contributed by atoms with Crippen LogP contribution in [0.5, 0.6) is 0 Å². The number of rotatable bonds is 2. The summed E-state index contributed by atoms with van der Waals surface area (Å²) in [5.41, 5.74) is 2.93. The smallest absolute Gasteiger partial charge is 0.252 e. The summed E-state index contributed by atoms with van der Waals surface area (Å²) in [6.07, 6.45) is 2.21. The molecule has 0 unspecified atom stereocenters. The SMILES string of the molecule is Cc1cccc(C)c1C(=O)N[C@@H]1CCCNC1.Cl. The normalized spacial score (nSPS) is 18.9. The maximum Gasteiger partial charge on any atom is 0.252 e. The molecule has 0 saturated carbocycles. The lowest BCUT2D eigenvalue weighted by molar-refractivity contribution is 0.0929. The minimum absolute atomic E-state index is 0. The van der Waals surface area contributed by atoms with E-state index in [2.05, 4.69) is 10.6 Å². The zero-order valence-corrected chi connectivity index (χ0v) is 11.8. The molecule has 1 fully saturated rings. The van der Waals surface area contributed by atoms with Crippen molar-refractivity contribution in [3.63, 3.8) is 0 Å². The van der Waals surface area contributed by atoms with Crippen molar-refractivity contribution in [2.75, 3.05) is 13.1 Å². The van der Waals surface area contributed by atoms with Gasteiger partial charge >= 0.3 is 0 Å². The first-order valence-electron chi connectivity index (χ1n) is 6.26. The first-order chi connectivity index (χ1) is 8.18. The number of nitrogens with one attached hydrogen (secondary N) is 2. The fourth-order valence-corrected chi connectivity index (χ4v) is 2.41. The molecule has 1 atom stereocenters. The number of carbonyl (C=O) groups is 1. The molecule has 0 aliphatic carbocycles. The second-order valence-electron chi connectivity index (χ2n) is 4.78. The molecule has 2 rings (SSSR count). The van der Waals surface area contributed by atoms with Crippen LogP contribution < -0.4 is 10.6 Å². The topological polar surface area (TPSA) is 41.1 Å². The molecule has 1 aliphatic rings. The van der Waals surface area contributed by atoms with E-state index < -0.39 is 0 Å². The predicted molar refractivity (Wildman–Crippen MR) is 76.5 cm³/mol. The Labute approximate surface area is 115 Å². The first-order valence-corrected chi connectivity index (χ1v) is 6.26. The Morgan fingerprint density at radius 1 is 1.33 bits per heavy atom. The van der Waals surface area contributed by atoms with Gasteiger partial charge in [-0.1, -0.05) is 18.2 Å². The van der Waals surface area contributed by atoms with Gasteiger partial charge in [0.15, 0.2) is 0 Å². The number of hydrogen-bond acceptors (Lipinski definition) is 2. The van der Waals surface area contributed by atoms with Crippen molar-refractivity contribution in [2.24, 2.45) is 0 Å². The minimum atomic E-state index is 0. The van der Waals surface area contributed by atoms with E-state index in [0.717, 1.165) is 42.6 Å². The standard InChI is InChI=1S/C14H20N2O.ClH/c1-10-5-3-6-11(2)13(10)14(17)16-12-7-4-8-15-9-12;/h3,5-6,12,15H,4,7-9H2,1-2H3,(H,16,17);1H/t12-;/m1./s1. The van der Waals surface area contributed by atoms with Gasteiger partial charge in [0.25, 0.3) is 5.91 Å². The molecule has 18 heavy (non-hydrogen) atoms. The summed E-state index contributed by atoms with van der Waals surface area (Å²) in [5.74, 6) is 0.0642. The van der Waals surface area contributed by atoms with Crippen LogP contribution in [0.25, 0.3) is 0 Å². The first kappa shape index (κ1) is 15.0. The highest BCUT2D eigenvalue weighted by atomic mass is 35.5. The van der Waals surface area contributed by atoms with E-state index in [-0.39, 0.29) is 24.4 Å². The number of halogens is 1. The Bertz CT molecular complexity index is 394. The number of piperidine rings is 1. The lowest BCUT2D eigenvalue weighted by atomic mass is 10.0. The van der Waals surface area contributed by atoms with Crippen LogP contribution in [0.15, 0.2) is 18.2 Å². The molecule has 2 N–H and O–H groups in total. The van der Waals surface area contributed by atoms with Crippen molar-refractivity contribution in [1.29, 1.82) is 0 Å². The van der Waals surface area contributed by atoms with Crippen molar-refractivity contribution in [2.45, 2.75) is 32.7 Å². The second-order valence-corrected chi connectivity index (χ2v) is 4.78. The average Bonchev–Trinajstić information content (AvgIpc) is 2.30. The van der Waals surface area contributed by atoms with Gasteiger partial charge in [-0.05, 0) is 44.4 Å². The molecule has 100 valence electrons. The molecule has 1 aromatic carbocycles. The van der Waals surface area contributed by atoms with Crippen molar-refractivity contribution in [3.05, 3.63) is 34.9 Å². The summed E-state index contributed by atoms with van der Waals surface area (Å²) in [7, 11) is 0. The van der Waals surface area contributed by atoms with Gasteiger partial charge in [0, 0.05) is 18.2 Å². The molecule has 0 spiro atoms. The summed E-state index contributed by atoms with van der Waals surface area (Å²) in [4.78, 5) is 12.2. The highest BCUT2D eigenvalue weighted by molar-refractivity contribution is 5.97. The Kier molecular flexibility index (Phi) is 5.63. The quantitative estimate of drug-likeness (QED) is 0.864. The van der Waals surface area contributed by atoms with E-state index in [9.17, 15) is 4.79 Å². The average molecular weight is 269 g/mol. The number of carbonyl (C=O) groups excluding carboxylic acids is 1. The van der Waals surface area contributed by atoms with Gasteiger partial charge in [-0.2, -0.15) is 0 Å². The Balaban J connectivity index is 0.00000162. The summed E-state index contributed by atoms with van der Waals surface area (Å²) in [6.45, 7) is 5.93. The van der Waals surface area contributed by atoms with Crippen LogP contribution >= 0.6 is 12.4 Å². The van der Waals surface area contributed by atoms with Gasteiger partial charge in [0.05, 0.1) is 0 Å². The van der Waals surface area contributed by atoms with Crippen LogP contribution in [0.2, 0.25) is 0 Å². The molecule has 0 bridgehead atoms. The third-order valence-corrected chi connectivity index (χ3v) is 3.34. The van der Waals surface area contributed by atoms with E-state index >= 15 is 0 Å². The summed E-state index contributed by atoms with van der Waals surface area (Å²) < 4.78 is 0. The van der Waals surface area contributed by atoms with Crippen LogP contribution in [-0.2, 0) is 0 Å². The van der Waals surface area contributed by atoms with Gasteiger partial charge in [0.2, 0.25) is 0 Å². The van der Waals surface area contributed by atoms with Gasteiger partial charge in [0.1, 0.15) is 0 Å². The molecule has 1 saturated heterocycles. The molecule has 1 amide bonds. The number of amides is 1. The maximum atomic E-state index is 12.2. The third-order valence-electron chi connectivity index (χ3n) is 3.34. The summed E-state index contributed by atoms with van der Waals surface area (Å²) in [6, 6.07) is 6.24. The largest absolute Gasteiger partial charge is 0.348 e. The van der Waals surface area contributed by atoms with Crippen molar-refractivity contribution in [3.8, 4) is 0 Å². The molecule has 1 aromatic rings. The van der Waals surface area contributed by atoms with Gasteiger partial charge in [-0.25, -0.2) is 0 Å². The van der Waals surface area contributed by atoms with Crippen LogP contribution in [0.1, 0.15) is 34.3 Å². The van der Waals surface area contributed by atoms with Crippen LogP contribution in [-0.4, -0.2) is 25.0 Å². The monoisotopic (exact) mass is 268 g/mol. The fraction of sp³-hybridized carbons (Fsp3) is 0.500. The third kappa shape index (κ3) is 3.47. The molecule has 1 aliphatic heterocycles. The number of aryl methyl sites for hydroxylation is 2. The predicted octanol–water partition coefficient (Wildman–Crippen LogP) is 2.21. The maximum absolute atomic E-state index is 12.2. The van der Waals surface area contributed by atoms with Crippen LogP contribution in [0.4, 0.5) is 0 Å². The highest BCUT2D eigenvalue weighted by Gasteiger charge is 2.18. The van der Waals surface area contributed by atoms with Crippen molar-refractivity contribution >= 4 is 18.3 Å². The molecular weight excluding hydrogens is 248 g/mol. The zero-order valence-electron chi connectivity index (χ0n) is 11.0. The summed E-state index contributed by atoms with van der Waals surface area (Å²) in [5, 5.41) is 6.42. The highest BCUT2D eigenvalue weighted by Crippen LogP contribution is 2.14. The fourth-order valence-electron chi connectivity index (χ4n) is 2.41. The van der Waals surface area contributed by atoms with Crippen molar-refractivity contribution < 1.29 is 4.79 Å². The molecule has 0 aromatic heterocycles. The molecule has 0 radical (unpaired) electrons. The Hall–Kier alpha value is -1.06. The van der Waals surface area contributed by atoms with Gasteiger partial charge in [-0.15, -0.1) is 12.4 Å². The number of benzene rings is 1. The lowest BCUT2D eigenvalue weighted by Gasteiger charge is -2.24. The molecule has 1 heterocycles. The van der Waals surface area contributed by atoms with Crippen LogP contribution in [0, 0.1) is 13.8 Å². The van der Waals surface area contributed by atoms with E-state index in [1.54, 1.807) is 0 Å². The van der Waals surface area contributed by atoms with E-state index in [0.29, 0.717) is 0 Å². The van der Waals surface area contributed by atoms with E-state index in [1.807, 2.05) is 32.0 Å². The van der Waals surface area contributed by atoms with E-state index in [4.69, 9.17) is 0 Å². The molecule has 4 heteroatoms. The van der Waals surface area contributed by atoms with E-state index in [1.165, 1.54) is 0 Å². The Morgan fingerprint density at radius 3 is 2.56 bits per heavy atom. The zero-order chi connectivity index (χ0) is 12.3. The second kappa shape index (κ2) is 6.76. The summed E-state index contributed by atoms with van der Waals surface area (Å²) >= 11 is 0. The number of hydrogen-bond donors (Lipinski definition) is 2. The van der Waals surface area contributed by atoms with Crippen LogP contribution in [0.3, 0.4) is 0 Å². The minimum Gasteiger partial charge on any atom is -0.348 e. The van der Waals surface area contributed by atoms with Gasteiger partial charge in [-0.3, -0.25) is 4.79 Å².